The van der Waals surface area contributed by atoms with Crippen LogP contribution < -0.4 is 10.6 Å². The average Bonchev–Trinajstić information content (AvgIpc) is 2.89. The highest BCUT2D eigenvalue weighted by atomic mass is 16.1. The molecule has 1 fully saturated rings. The summed E-state index contributed by atoms with van der Waals surface area (Å²) in [5, 5.41) is 6.28. The molecule has 1 aliphatic rings. The molecule has 2 aromatic rings. The number of hydrogen-bond donors (Lipinski definition) is 2. The monoisotopic (exact) mass is 339 g/mol. The van der Waals surface area contributed by atoms with Gasteiger partial charge in [0.25, 0.3) is 5.91 Å². The van der Waals surface area contributed by atoms with Gasteiger partial charge in [-0.3, -0.25) is 9.78 Å². The van der Waals surface area contributed by atoms with E-state index < -0.39 is 0 Å². The molecule has 0 radical (unpaired) electrons. The van der Waals surface area contributed by atoms with Crippen LogP contribution >= 0.6 is 0 Å². The summed E-state index contributed by atoms with van der Waals surface area (Å²) in [6, 6.07) is 7.74. The fourth-order valence-electron chi connectivity index (χ4n) is 3.12. The third kappa shape index (κ3) is 5.24. The van der Waals surface area contributed by atoms with Gasteiger partial charge in [-0.15, -0.1) is 0 Å². The summed E-state index contributed by atoms with van der Waals surface area (Å²) in [6.45, 7) is 2.27. The lowest BCUT2D eigenvalue weighted by Crippen LogP contribution is -2.26. The van der Waals surface area contributed by atoms with Gasteiger partial charge in [0, 0.05) is 17.9 Å². The van der Waals surface area contributed by atoms with Crippen LogP contribution in [0.1, 0.15) is 60.4 Å². The number of hydrogen-bond acceptors (Lipinski definition) is 5. The molecule has 6 nitrogen and oxygen atoms in total. The summed E-state index contributed by atoms with van der Waals surface area (Å²) in [5.41, 5.74) is 1.99. The maximum atomic E-state index is 12.4. The Morgan fingerprint density at radius 1 is 1.16 bits per heavy atom. The lowest BCUT2D eigenvalue weighted by molar-refractivity contribution is 0.0945. The number of nitrogens with zero attached hydrogens (tertiary/aromatic N) is 3. The van der Waals surface area contributed by atoms with Crippen molar-refractivity contribution in [3.63, 3.8) is 0 Å². The van der Waals surface area contributed by atoms with Crippen LogP contribution in [0.5, 0.6) is 0 Å². The standard InChI is InChI=1S/C19H25N5O/c1-14-12-17(18(25)21-13-16-10-6-7-11-20-16)24-19(22-14)23-15-8-4-2-3-5-9-15/h6-7,10-12,15H,2-5,8-9,13H2,1H3,(H,21,25)(H,22,23,24). The van der Waals surface area contributed by atoms with Crippen LogP contribution in [0.3, 0.4) is 0 Å². The predicted octanol–water partition coefficient (Wildman–Crippen LogP) is 3.24. The molecule has 0 aliphatic heterocycles. The molecule has 3 rings (SSSR count). The number of aryl methyl sites for hydroxylation is 1. The minimum absolute atomic E-state index is 0.208. The van der Waals surface area contributed by atoms with E-state index in [0.29, 0.717) is 24.2 Å². The first-order valence-corrected chi connectivity index (χ1v) is 9.01. The first kappa shape index (κ1) is 17.3. The molecule has 2 heterocycles. The van der Waals surface area contributed by atoms with Gasteiger partial charge in [-0.1, -0.05) is 31.7 Å². The highest BCUT2D eigenvalue weighted by Crippen LogP contribution is 2.20. The summed E-state index contributed by atoms with van der Waals surface area (Å²) >= 11 is 0. The van der Waals surface area contributed by atoms with Crippen LogP contribution in [0, 0.1) is 6.92 Å². The molecule has 1 saturated carbocycles. The molecule has 0 atom stereocenters. The van der Waals surface area contributed by atoms with Crippen LogP contribution in [0.2, 0.25) is 0 Å². The number of aromatic nitrogens is 3. The minimum atomic E-state index is -0.208. The molecule has 1 aliphatic carbocycles. The number of pyridine rings is 1. The highest BCUT2D eigenvalue weighted by Gasteiger charge is 2.15. The fourth-order valence-corrected chi connectivity index (χ4v) is 3.12. The van der Waals surface area contributed by atoms with E-state index in [1.807, 2.05) is 25.1 Å². The van der Waals surface area contributed by atoms with Gasteiger partial charge in [-0.05, 0) is 38.0 Å². The van der Waals surface area contributed by atoms with E-state index in [9.17, 15) is 4.79 Å². The Labute approximate surface area is 148 Å². The number of anilines is 1. The summed E-state index contributed by atoms with van der Waals surface area (Å²) in [6.07, 6.45) is 9.06. The van der Waals surface area contributed by atoms with Crippen molar-refractivity contribution in [1.82, 2.24) is 20.3 Å². The van der Waals surface area contributed by atoms with E-state index >= 15 is 0 Å². The molecule has 1 amide bonds. The molecule has 0 bridgehead atoms. The zero-order chi connectivity index (χ0) is 17.5. The van der Waals surface area contributed by atoms with Gasteiger partial charge < -0.3 is 10.6 Å². The Balaban J connectivity index is 1.64. The quantitative estimate of drug-likeness (QED) is 0.818. The zero-order valence-corrected chi connectivity index (χ0v) is 14.7. The first-order chi connectivity index (χ1) is 12.2. The van der Waals surface area contributed by atoms with Gasteiger partial charge in [0.2, 0.25) is 5.95 Å². The number of nitrogens with one attached hydrogen (secondary N) is 2. The molecule has 2 aromatic heterocycles. The average molecular weight is 339 g/mol. The maximum Gasteiger partial charge on any atom is 0.270 e. The second-order valence-electron chi connectivity index (χ2n) is 6.55. The van der Waals surface area contributed by atoms with Crippen LogP contribution in [-0.4, -0.2) is 26.9 Å². The van der Waals surface area contributed by atoms with Crippen molar-refractivity contribution in [3.05, 3.63) is 47.5 Å². The van der Waals surface area contributed by atoms with E-state index in [1.165, 1.54) is 25.7 Å². The van der Waals surface area contributed by atoms with Gasteiger partial charge >= 0.3 is 0 Å². The van der Waals surface area contributed by atoms with Gasteiger partial charge in [0.15, 0.2) is 0 Å². The fraction of sp³-hybridized carbons (Fsp3) is 0.474. The maximum absolute atomic E-state index is 12.4. The Kier molecular flexibility index (Phi) is 5.93. The third-order valence-electron chi connectivity index (χ3n) is 4.43. The molecule has 0 spiro atoms. The molecule has 0 saturated heterocycles. The van der Waals surface area contributed by atoms with Crippen LogP contribution in [0.15, 0.2) is 30.5 Å². The summed E-state index contributed by atoms with van der Waals surface area (Å²) < 4.78 is 0. The van der Waals surface area contributed by atoms with Crippen molar-refractivity contribution in [3.8, 4) is 0 Å². The molecule has 25 heavy (non-hydrogen) atoms. The Hall–Kier alpha value is -2.50. The van der Waals surface area contributed by atoms with Crippen molar-refractivity contribution >= 4 is 11.9 Å². The van der Waals surface area contributed by atoms with Crippen molar-refractivity contribution in [2.24, 2.45) is 0 Å². The van der Waals surface area contributed by atoms with Gasteiger partial charge in [0.05, 0.1) is 12.2 Å². The minimum Gasteiger partial charge on any atom is -0.351 e. The Morgan fingerprint density at radius 2 is 1.96 bits per heavy atom. The Bertz CT molecular complexity index is 696. The predicted molar refractivity (Wildman–Crippen MR) is 97.3 cm³/mol. The SMILES string of the molecule is Cc1cc(C(=O)NCc2ccccn2)nc(NC2CCCCCC2)n1. The molecular weight excluding hydrogens is 314 g/mol. The van der Waals surface area contributed by atoms with E-state index in [-0.39, 0.29) is 5.91 Å². The lowest BCUT2D eigenvalue weighted by Gasteiger charge is -2.16. The van der Waals surface area contributed by atoms with E-state index in [2.05, 4.69) is 25.6 Å². The lowest BCUT2D eigenvalue weighted by atomic mass is 10.1. The molecule has 2 N–H and O–H groups in total. The molecular formula is C19H25N5O. The van der Waals surface area contributed by atoms with Crippen molar-refractivity contribution in [2.75, 3.05) is 5.32 Å². The summed E-state index contributed by atoms with van der Waals surface area (Å²) in [5.74, 6) is 0.343. The summed E-state index contributed by atoms with van der Waals surface area (Å²) in [4.78, 5) is 25.5. The van der Waals surface area contributed by atoms with Crippen LogP contribution in [-0.2, 0) is 6.54 Å². The highest BCUT2D eigenvalue weighted by molar-refractivity contribution is 5.92. The van der Waals surface area contributed by atoms with Crippen molar-refractivity contribution in [2.45, 2.75) is 58.0 Å². The number of carbonyl (C=O) groups is 1. The number of amides is 1. The second kappa shape index (κ2) is 8.55. The molecule has 0 unspecified atom stereocenters. The number of carbonyl (C=O) groups excluding carboxylic acids is 1. The largest absolute Gasteiger partial charge is 0.351 e. The smallest absolute Gasteiger partial charge is 0.270 e. The van der Waals surface area contributed by atoms with Crippen LogP contribution in [0.4, 0.5) is 5.95 Å². The van der Waals surface area contributed by atoms with Crippen LogP contribution in [0.25, 0.3) is 0 Å². The number of rotatable bonds is 5. The zero-order valence-electron chi connectivity index (χ0n) is 14.7. The molecule has 132 valence electrons. The van der Waals surface area contributed by atoms with E-state index in [1.54, 1.807) is 12.3 Å². The molecule has 0 aromatic carbocycles. The van der Waals surface area contributed by atoms with Crippen molar-refractivity contribution < 1.29 is 4.79 Å². The summed E-state index contributed by atoms with van der Waals surface area (Å²) in [7, 11) is 0. The van der Waals surface area contributed by atoms with E-state index in [4.69, 9.17) is 0 Å². The van der Waals surface area contributed by atoms with E-state index in [0.717, 1.165) is 24.2 Å². The van der Waals surface area contributed by atoms with Gasteiger partial charge in [-0.2, -0.15) is 0 Å². The third-order valence-corrected chi connectivity index (χ3v) is 4.43. The second-order valence-corrected chi connectivity index (χ2v) is 6.55. The topological polar surface area (TPSA) is 79.8 Å². The Morgan fingerprint density at radius 3 is 2.68 bits per heavy atom. The molecule has 6 heteroatoms. The van der Waals surface area contributed by atoms with Gasteiger partial charge in [0.1, 0.15) is 5.69 Å². The van der Waals surface area contributed by atoms with Gasteiger partial charge in [-0.25, -0.2) is 9.97 Å². The first-order valence-electron chi connectivity index (χ1n) is 9.01. The normalized spacial score (nSPS) is 15.4. The van der Waals surface area contributed by atoms with Crippen molar-refractivity contribution in [1.29, 1.82) is 0 Å².